The lowest BCUT2D eigenvalue weighted by Crippen LogP contribution is -2.04. The minimum absolute atomic E-state index is 0.0144. The Bertz CT molecular complexity index is 1030. The van der Waals surface area contributed by atoms with Crippen molar-refractivity contribution < 1.29 is 19.2 Å². The number of nitro groups is 1. The number of esters is 1. The molecule has 0 radical (unpaired) electrons. The van der Waals surface area contributed by atoms with E-state index in [1.54, 1.807) is 11.6 Å². The van der Waals surface area contributed by atoms with Gasteiger partial charge in [-0.25, -0.2) is 9.48 Å². The van der Waals surface area contributed by atoms with Gasteiger partial charge in [0, 0.05) is 11.6 Å². The highest BCUT2D eigenvalue weighted by Crippen LogP contribution is 2.31. The third kappa shape index (κ3) is 3.81. The van der Waals surface area contributed by atoms with Crippen molar-refractivity contribution in [2.45, 2.75) is 13.5 Å². The summed E-state index contributed by atoms with van der Waals surface area (Å²) < 4.78 is 11.8. The van der Waals surface area contributed by atoms with Crippen LogP contribution in [0, 0.1) is 17.0 Å². The number of nitro benzene ring substituents is 1. The minimum atomic E-state index is -0.669. The first-order chi connectivity index (χ1) is 13.4. The summed E-state index contributed by atoms with van der Waals surface area (Å²) in [6.07, 6.45) is 0. The molecule has 0 aliphatic heterocycles. The number of rotatable bonds is 6. The molecule has 0 amide bonds. The molecule has 2 aromatic carbocycles. The van der Waals surface area contributed by atoms with E-state index in [2.05, 4.69) is 9.84 Å². The summed E-state index contributed by atoms with van der Waals surface area (Å²) in [5.74, 6) is -0.654. The lowest BCUT2D eigenvalue weighted by molar-refractivity contribution is -0.386. The zero-order valence-electron chi connectivity index (χ0n) is 15.1. The summed E-state index contributed by atoms with van der Waals surface area (Å²) in [4.78, 5) is 22.3. The van der Waals surface area contributed by atoms with Gasteiger partial charge in [0.1, 0.15) is 11.8 Å². The molecule has 0 aliphatic rings. The van der Waals surface area contributed by atoms with Crippen LogP contribution in [0.5, 0.6) is 5.75 Å². The van der Waals surface area contributed by atoms with E-state index in [0.29, 0.717) is 16.4 Å². The van der Waals surface area contributed by atoms with Crippen molar-refractivity contribution in [2.24, 2.45) is 0 Å². The van der Waals surface area contributed by atoms with Gasteiger partial charge in [-0.15, -0.1) is 0 Å². The Morgan fingerprint density at radius 1 is 1.25 bits per heavy atom. The first-order valence-corrected chi connectivity index (χ1v) is 8.59. The van der Waals surface area contributed by atoms with E-state index in [-0.39, 0.29) is 23.6 Å². The average molecular weight is 402 g/mol. The fraction of sp³-hybridized carbons (Fsp3) is 0.158. The molecule has 0 fully saturated rings. The Balaban J connectivity index is 1.88. The van der Waals surface area contributed by atoms with Gasteiger partial charge in [-0.05, 0) is 31.2 Å². The molecular weight excluding hydrogens is 386 g/mol. The van der Waals surface area contributed by atoms with Gasteiger partial charge in [0.05, 0.1) is 29.0 Å². The molecule has 144 valence electrons. The largest absolute Gasteiger partial charge is 0.482 e. The van der Waals surface area contributed by atoms with E-state index >= 15 is 0 Å². The predicted octanol–water partition coefficient (Wildman–Crippen LogP) is 4.11. The monoisotopic (exact) mass is 401 g/mol. The predicted molar refractivity (Wildman–Crippen MR) is 102 cm³/mol. The number of nitrogens with zero attached hydrogens (tertiary/aromatic N) is 3. The molecule has 0 spiro atoms. The maximum Gasteiger partial charge on any atom is 0.338 e. The van der Waals surface area contributed by atoms with Crippen molar-refractivity contribution in [3.05, 3.63) is 80.6 Å². The molecule has 0 saturated carbocycles. The van der Waals surface area contributed by atoms with Gasteiger partial charge >= 0.3 is 11.7 Å². The number of halogens is 1. The number of carbonyl (C=O) groups excluding carboxylic acids is 1. The van der Waals surface area contributed by atoms with Crippen LogP contribution in [0.15, 0.2) is 48.5 Å². The van der Waals surface area contributed by atoms with Gasteiger partial charge in [-0.3, -0.25) is 10.1 Å². The lowest BCUT2D eigenvalue weighted by atomic mass is 10.2. The van der Waals surface area contributed by atoms with Gasteiger partial charge in [0.25, 0.3) is 0 Å². The van der Waals surface area contributed by atoms with Crippen LogP contribution in [-0.4, -0.2) is 27.8 Å². The van der Waals surface area contributed by atoms with Crippen molar-refractivity contribution in [3.8, 4) is 11.4 Å². The minimum Gasteiger partial charge on any atom is -0.482 e. The lowest BCUT2D eigenvalue weighted by Gasteiger charge is -2.08. The van der Waals surface area contributed by atoms with Crippen molar-refractivity contribution in [1.29, 1.82) is 0 Å². The summed E-state index contributed by atoms with van der Waals surface area (Å²) in [6.45, 7) is 1.76. The van der Waals surface area contributed by atoms with E-state index in [4.69, 9.17) is 16.3 Å². The third-order valence-electron chi connectivity index (χ3n) is 4.07. The molecule has 3 aromatic rings. The van der Waals surface area contributed by atoms with E-state index in [0.717, 1.165) is 11.8 Å². The van der Waals surface area contributed by atoms with Crippen LogP contribution in [0.25, 0.3) is 5.69 Å². The smallest absolute Gasteiger partial charge is 0.338 e. The molecule has 0 atom stereocenters. The number of benzene rings is 2. The topological polar surface area (TPSA) is 96.5 Å². The summed E-state index contributed by atoms with van der Waals surface area (Å²) in [7, 11) is 1.20. The number of methoxy groups -OCH3 is 1. The molecule has 1 aromatic heterocycles. The molecule has 0 unspecified atom stereocenters. The number of aryl methyl sites for hydroxylation is 1. The van der Waals surface area contributed by atoms with Crippen LogP contribution in [0.3, 0.4) is 0 Å². The van der Waals surface area contributed by atoms with Crippen LogP contribution in [0.4, 0.5) is 5.69 Å². The second-order valence-electron chi connectivity index (χ2n) is 5.82. The Hall–Kier alpha value is -3.39. The van der Waals surface area contributed by atoms with Crippen LogP contribution in [0.1, 0.15) is 21.6 Å². The molecular formula is C19H16ClN3O5. The molecule has 28 heavy (non-hydrogen) atoms. The molecule has 8 nitrogen and oxygen atoms in total. The Kier molecular flexibility index (Phi) is 5.60. The highest BCUT2D eigenvalue weighted by molar-refractivity contribution is 6.30. The molecule has 0 aliphatic carbocycles. The SMILES string of the molecule is COC(=O)c1ccc(OCc2c(C)nn(-c3ccccc3)c2Cl)c([N+](=O)[O-])c1. The van der Waals surface area contributed by atoms with Gasteiger partial charge in [-0.2, -0.15) is 5.10 Å². The Labute approximate surface area is 165 Å². The fourth-order valence-electron chi connectivity index (χ4n) is 2.61. The second-order valence-corrected chi connectivity index (χ2v) is 6.18. The summed E-state index contributed by atoms with van der Waals surface area (Å²) in [6, 6.07) is 13.2. The number of aromatic nitrogens is 2. The van der Waals surface area contributed by atoms with Crippen molar-refractivity contribution in [2.75, 3.05) is 7.11 Å². The first-order valence-electron chi connectivity index (χ1n) is 8.21. The van der Waals surface area contributed by atoms with Gasteiger partial charge in [-0.1, -0.05) is 29.8 Å². The second kappa shape index (κ2) is 8.10. The zero-order chi connectivity index (χ0) is 20.3. The van der Waals surface area contributed by atoms with Gasteiger partial charge < -0.3 is 9.47 Å². The molecule has 0 bridgehead atoms. The quantitative estimate of drug-likeness (QED) is 0.350. The molecule has 0 saturated heterocycles. The van der Waals surface area contributed by atoms with Crippen LogP contribution >= 0.6 is 11.6 Å². The standard InChI is InChI=1S/C19H16ClN3O5/c1-12-15(18(20)22(21-12)14-6-4-3-5-7-14)11-28-17-9-8-13(19(24)27-2)10-16(17)23(25)26/h3-10H,11H2,1-2H3. The number of carbonyl (C=O) groups is 1. The van der Waals surface area contributed by atoms with E-state index < -0.39 is 10.9 Å². The van der Waals surface area contributed by atoms with Crippen LogP contribution in [0.2, 0.25) is 5.15 Å². The number of ether oxygens (including phenoxy) is 2. The van der Waals surface area contributed by atoms with Crippen molar-refractivity contribution in [3.63, 3.8) is 0 Å². The van der Waals surface area contributed by atoms with E-state index in [1.807, 2.05) is 30.3 Å². The Morgan fingerprint density at radius 3 is 2.61 bits per heavy atom. The number of para-hydroxylation sites is 1. The normalized spacial score (nSPS) is 10.5. The van der Waals surface area contributed by atoms with E-state index in [9.17, 15) is 14.9 Å². The first kappa shape index (κ1) is 19.4. The molecule has 9 heteroatoms. The van der Waals surface area contributed by atoms with Crippen molar-refractivity contribution in [1.82, 2.24) is 9.78 Å². The summed E-state index contributed by atoms with van der Waals surface area (Å²) in [5.41, 5.74) is 1.76. The third-order valence-corrected chi connectivity index (χ3v) is 4.46. The highest BCUT2D eigenvalue weighted by atomic mass is 35.5. The molecule has 0 N–H and O–H groups in total. The molecule has 3 rings (SSSR count). The summed E-state index contributed by atoms with van der Waals surface area (Å²) in [5, 5.41) is 16.1. The zero-order valence-corrected chi connectivity index (χ0v) is 15.8. The van der Waals surface area contributed by atoms with Crippen LogP contribution < -0.4 is 4.74 Å². The van der Waals surface area contributed by atoms with Gasteiger partial charge in [0.15, 0.2) is 5.75 Å². The van der Waals surface area contributed by atoms with Crippen molar-refractivity contribution >= 4 is 23.3 Å². The molecule has 1 heterocycles. The fourth-order valence-corrected chi connectivity index (χ4v) is 2.94. The van der Waals surface area contributed by atoms with E-state index in [1.165, 1.54) is 19.2 Å². The average Bonchev–Trinajstić information content (AvgIpc) is 2.99. The highest BCUT2D eigenvalue weighted by Gasteiger charge is 2.21. The maximum atomic E-state index is 11.6. The van der Waals surface area contributed by atoms with Gasteiger partial charge in [0.2, 0.25) is 0 Å². The maximum absolute atomic E-state index is 11.6. The number of hydrogen-bond donors (Lipinski definition) is 0. The summed E-state index contributed by atoms with van der Waals surface area (Å²) >= 11 is 6.44. The Morgan fingerprint density at radius 2 is 1.96 bits per heavy atom. The van der Waals surface area contributed by atoms with Crippen LogP contribution in [-0.2, 0) is 11.3 Å². The number of hydrogen-bond acceptors (Lipinski definition) is 6.